The molecule has 0 bridgehead atoms. The van der Waals surface area contributed by atoms with E-state index in [1.54, 1.807) is 31.0 Å². The van der Waals surface area contributed by atoms with Crippen molar-refractivity contribution in [2.75, 3.05) is 13.6 Å². The lowest BCUT2D eigenvalue weighted by Gasteiger charge is -2.19. The van der Waals surface area contributed by atoms with Crippen LogP contribution in [0, 0.1) is 17.2 Å². The number of nitriles is 1. The Morgan fingerprint density at radius 3 is 2.88 bits per heavy atom. The number of carbonyl (C=O) groups is 1. The third kappa shape index (κ3) is 3.76. The molecule has 0 N–H and O–H groups in total. The Labute approximate surface area is 115 Å². The smallest absolute Gasteiger partial charge is 0.254 e. The van der Waals surface area contributed by atoms with Crippen LogP contribution in [0.1, 0.15) is 17.3 Å². The predicted octanol–water partition coefficient (Wildman–Crippen LogP) is 2.97. The second kappa shape index (κ2) is 6.08. The summed E-state index contributed by atoms with van der Waals surface area (Å²) >= 11 is 7.54. The molecule has 1 atom stereocenters. The summed E-state index contributed by atoms with van der Waals surface area (Å²) in [7, 11) is 1.69. The third-order valence-corrected chi connectivity index (χ3v) is 3.26. The van der Waals surface area contributed by atoms with E-state index in [0.29, 0.717) is 12.1 Å². The molecule has 0 radical (unpaired) electrons. The highest BCUT2D eigenvalue weighted by Crippen LogP contribution is 2.21. The van der Waals surface area contributed by atoms with Crippen molar-refractivity contribution >= 4 is 34.5 Å². The molecular weight excluding hydrogens is 300 g/mol. The van der Waals surface area contributed by atoms with Crippen molar-refractivity contribution in [1.82, 2.24) is 4.90 Å². The van der Waals surface area contributed by atoms with Gasteiger partial charge in [0.2, 0.25) is 0 Å². The second-order valence-corrected chi connectivity index (χ2v) is 5.25. The molecule has 0 aliphatic rings. The number of hydrogen-bond acceptors (Lipinski definition) is 3. The van der Waals surface area contributed by atoms with Gasteiger partial charge in [-0.25, -0.2) is 0 Å². The molecule has 1 amide bonds. The first-order valence-electron chi connectivity index (χ1n) is 5.09. The zero-order valence-electron chi connectivity index (χ0n) is 9.64. The Hall–Kier alpha value is -0.990. The minimum absolute atomic E-state index is 0.116. The number of rotatable bonds is 3. The molecular formula is C12H13BrN2OS. The number of nitrogens with zero attached hydrogens (tertiary/aromatic N) is 2. The lowest BCUT2D eigenvalue weighted by molar-refractivity contribution is 0.0784. The first kappa shape index (κ1) is 14.1. The largest absolute Gasteiger partial charge is 0.340 e. The van der Waals surface area contributed by atoms with E-state index in [-0.39, 0.29) is 11.8 Å². The van der Waals surface area contributed by atoms with Gasteiger partial charge in [-0.3, -0.25) is 4.79 Å². The summed E-state index contributed by atoms with van der Waals surface area (Å²) in [6.07, 6.45) is 0. The van der Waals surface area contributed by atoms with E-state index in [1.165, 1.54) is 0 Å². The van der Waals surface area contributed by atoms with Gasteiger partial charge in [-0.05, 0) is 41.1 Å². The molecule has 0 fully saturated rings. The number of carbonyl (C=O) groups excluding carboxylic acids is 1. The third-order valence-electron chi connectivity index (χ3n) is 2.30. The Morgan fingerprint density at radius 2 is 2.29 bits per heavy atom. The topological polar surface area (TPSA) is 44.1 Å². The lowest BCUT2D eigenvalue weighted by atomic mass is 10.1. The Kier molecular flexibility index (Phi) is 5.03. The summed E-state index contributed by atoms with van der Waals surface area (Å²) in [6.45, 7) is 2.20. The van der Waals surface area contributed by atoms with Gasteiger partial charge < -0.3 is 4.90 Å². The molecule has 1 unspecified atom stereocenters. The van der Waals surface area contributed by atoms with Crippen LogP contribution in [-0.2, 0) is 0 Å². The van der Waals surface area contributed by atoms with Crippen molar-refractivity contribution in [3.63, 3.8) is 0 Å². The van der Waals surface area contributed by atoms with Crippen LogP contribution in [0.25, 0.3) is 0 Å². The van der Waals surface area contributed by atoms with Gasteiger partial charge in [-0.1, -0.05) is 0 Å². The number of benzene rings is 1. The summed E-state index contributed by atoms with van der Waals surface area (Å²) in [4.78, 5) is 14.4. The minimum atomic E-state index is -0.179. The van der Waals surface area contributed by atoms with Crippen LogP contribution in [0.5, 0.6) is 0 Å². The van der Waals surface area contributed by atoms with Crippen molar-refractivity contribution in [3.8, 4) is 6.07 Å². The highest BCUT2D eigenvalue weighted by atomic mass is 79.9. The fourth-order valence-corrected chi connectivity index (χ4v) is 2.04. The van der Waals surface area contributed by atoms with Crippen LogP contribution in [0.4, 0.5) is 0 Å². The van der Waals surface area contributed by atoms with Crippen molar-refractivity contribution in [2.24, 2.45) is 5.92 Å². The van der Waals surface area contributed by atoms with Crippen LogP contribution in [0.3, 0.4) is 0 Å². The lowest BCUT2D eigenvalue weighted by Crippen LogP contribution is -2.30. The minimum Gasteiger partial charge on any atom is -0.340 e. The van der Waals surface area contributed by atoms with Crippen LogP contribution in [0.15, 0.2) is 27.6 Å². The normalized spacial score (nSPS) is 11.7. The Bertz CT molecular complexity index is 470. The molecule has 1 rings (SSSR count). The first-order valence-corrected chi connectivity index (χ1v) is 6.33. The van der Waals surface area contributed by atoms with Crippen LogP contribution in [-0.4, -0.2) is 24.4 Å². The van der Waals surface area contributed by atoms with Crippen molar-refractivity contribution in [1.29, 1.82) is 5.26 Å². The predicted molar refractivity (Wildman–Crippen MR) is 73.1 cm³/mol. The van der Waals surface area contributed by atoms with E-state index in [0.717, 1.165) is 9.37 Å². The summed E-state index contributed by atoms with van der Waals surface area (Å²) < 4.78 is 0.733. The molecule has 1 aromatic carbocycles. The van der Waals surface area contributed by atoms with E-state index in [1.807, 2.05) is 6.07 Å². The summed E-state index contributed by atoms with van der Waals surface area (Å²) in [6, 6.07) is 7.42. The van der Waals surface area contributed by atoms with Crippen molar-refractivity contribution in [3.05, 3.63) is 28.2 Å². The fraction of sp³-hybridized carbons (Fsp3) is 0.333. The van der Waals surface area contributed by atoms with E-state index in [4.69, 9.17) is 5.26 Å². The average Bonchev–Trinajstić information content (AvgIpc) is 2.31. The molecule has 0 spiro atoms. The van der Waals surface area contributed by atoms with Gasteiger partial charge >= 0.3 is 0 Å². The van der Waals surface area contributed by atoms with Gasteiger partial charge in [0.15, 0.2) is 0 Å². The highest BCUT2D eigenvalue weighted by Gasteiger charge is 2.16. The van der Waals surface area contributed by atoms with Gasteiger partial charge in [0, 0.05) is 23.0 Å². The van der Waals surface area contributed by atoms with Gasteiger partial charge in [0.1, 0.15) is 0 Å². The second-order valence-electron chi connectivity index (χ2n) is 3.88. The molecule has 1 aromatic rings. The van der Waals surface area contributed by atoms with E-state index in [2.05, 4.69) is 34.6 Å². The number of halogens is 1. The fourth-order valence-electron chi connectivity index (χ4n) is 1.42. The van der Waals surface area contributed by atoms with Crippen LogP contribution in [0.2, 0.25) is 0 Å². The van der Waals surface area contributed by atoms with Crippen molar-refractivity contribution in [2.45, 2.75) is 11.8 Å². The standard InChI is InChI=1S/C12H13BrN2OS/c1-8(6-14)7-15(2)12(16)10-5-9(17)3-4-11(10)13/h3-5,8,17H,7H2,1-2H3. The number of thiol groups is 1. The average molecular weight is 313 g/mol. The van der Waals surface area contributed by atoms with Crippen LogP contribution < -0.4 is 0 Å². The molecule has 0 saturated carbocycles. The van der Waals surface area contributed by atoms with E-state index < -0.39 is 0 Å². The molecule has 17 heavy (non-hydrogen) atoms. The molecule has 0 heterocycles. The first-order chi connectivity index (χ1) is 7.95. The molecule has 5 heteroatoms. The summed E-state index contributed by atoms with van der Waals surface area (Å²) in [5.41, 5.74) is 0.560. The van der Waals surface area contributed by atoms with Gasteiger partial charge in [-0.2, -0.15) is 5.26 Å². The highest BCUT2D eigenvalue weighted by molar-refractivity contribution is 9.10. The molecule has 0 saturated heterocycles. The molecule has 0 aromatic heterocycles. The zero-order valence-corrected chi connectivity index (χ0v) is 12.1. The molecule has 0 aliphatic heterocycles. The van der Waals surface area contributed by atoms with E-state index >= 15 is 0 Å². The zero-order chi connectivity index (χ0) is 13.0. The van der Waals surface area contributed by atoms with Crippen molar-refractivity contribution < 1.29 is 4.79 Å². The van der Waals surface area contributed by atoms with Gasteiger partial charge in [0.25, 0.3) is 5.91 Å². The quantitative estimate of drug-likeness (QED) is 0.872. The van der Waals surface area contributed by atoms with E-state index in [9.17, 15) is 4.79 Å². The number of amides is 1. The Morgan fingerprint density at radius 1 is 1.65 bits per heavy atom. The Balaban J connectivity index is 2.89. The maximum atomic E-state index is 12.1. The summed E-state index contributed by atoms with van der Waals surface area (Å²) in [5.74, 6) is -0.295. The van der Waals surface area contributed by atoms with Crippen LogP contribution >= 0.6 is 28.6 Å². The molecule has 0 aliphatic carbocycles. The van der Waals surface area contributed by atoms with Gasteiger partial charge in [0.05, 0.1) is 17.6 Å². The van der Waals surface area contributed by atoms with Gasteiger partial charge in [-0.15, -0.1) is 12.6 Å². The maximum Gasteiger partial charge on any atom is 0.254 e. The molecule has 90 valence electrons. The monoisotopic (exact) mass is 312 g/mol. The molecule has 3 nitrogen and oxygen atoms in total. The SMILES string of the molecule is CC(C#N)CN(C)C(=O)c1cc(S)ccc1Br. The number of hydrogen-bond donors (Lipinski definition) is 1. The summed E-state index contributed by atoms with van der Waals surface area (Å²) in [5, 5.41) is 8.73. The maximum absolute atomic E-state index is 12.1.